The molecule has 132 valence electrons. The number of furan rings is 2. The van der Waals surface area contributed by atoms with Gasteiger partial charge in [-0.05, 0) is 48.5 Å². The maximum atomic E-state index is 13.0. The molecule has 0 fully saturated rings. The van der Waals surface area contributed by atoms with Gasteiger partial charge < -0.3 is 8.83 Å². The molecule has 4 heterocycles. The highest BCUT2D eigenvalue weighted by Crippen LogP contribution is 2.23. The Hall–Kier alpha value is -3.52. The summed E-state index contributed by atoms with van der Waals surface area (Å²) in [6, 6.07) is 13.0. The van der Waals surface area contributed by atoms with Crippen LogP contribution in [0.25, 0.3) is 33.9 Å². The maximum absolute atomic E-state index is 13.0. The number of halogens is 1. The molecule has 0 atom stereocenters. The molecule has 8 heteroatoms. The monoisotopic (exact) mass is 379 g/mol. The summed E-state index contributed by atoms with van der Waals surface area (Å²) in [7, 11) is 0. The van der Waals surface area contributed by atoms with Crippen molar-refractivity contribution in [1.29, 1.82) is 0 Å². The van der Waals surface area contributed by atoms with Crippen LogP contribution >= 0.6 is 11.3 Å². The Balaban J connectivity index is 1.53. The summed E-state index contributed by atoms with van der Waals surface area (Å²) in [6.45, 7) is 0. The zero-order chi connectivity index (χ0) is 18.4. The van der Waals surface area contributed by atoms with E-state index in [-0.39, 0.29) is 11.4 Å². The van der Waals surface area contributed by atoms with Gasteiger partial charge in [0.2, 0.25) is 10.8 Å². The van der Waals surface area contributed by atoms with Crippen molar-refractivity contribution in [3.63, 3.8) is 0 Å². The van der Waals surface area contributed by atoms with Crippen LogP contribution in [0.15, 0.2) is 68.4 Å². The van der Waals surface area contributed by atoms with Gasteiger partial charge >= 0.3 is 0 Å². The number of thiazole rings is 1. The summed E-state index contributed by atoms with van der Waals surface area (Å²) < 4.78 is 25.7. The van der Waals surface area contributed by atoms with Crippen LogP contribution in [0.2, 0.25) is 0 Å². The van der Waals surface area contributed by atoms with Gasteiger partial charge in [0.25, 0.3) is 5.56 Å². The normalized spacial score (nSPS) is 12.3. The lowest BCUT2D eigenvalue weighted by molar-refractivity contribution is 0.571. The summed E-state index contributed by atoms with van der Waals surface area (Å²) in [6.07, 6.45) is 3.17. The van der Waals surface area contributed by atoms with E-state index in [0.29, 0.717) is 32.6 Å². The highest BCUT2D eigenvalue weighted by Gasteiger charge is 2.14. The van der Waals surface area contributed by atoms with Gasteiger partial charge in [0, 0.05) is 11.6 Å². The number of aromatic nitrogens is 3. The zero-order valence-corrected chi connectivity index (χ0v) is 14.4. The van der Waals surface area contributed by atoms with E-state index in [1.165, 1.54) is 34.2 Å². The molecular weight excluding hydrogens is 369 g/mol. The van der Waals surface area contributed by atoms with Gasteiger partial charge in [-0.3, -0.25) is 4.79 Å². The molecule has 0 amide bonds. The van der Waals surface area contributed by atoms with Crippen LogP contribution in [0.4, 0.5) is 4.39 Å². The van der Waals surface area contributed by atoms with Gasteiger partial charge in [0.05, 0.1) is 6.26 Å². The van der Waals surface area contributed by atoms with Gasteiger partial charge in [-0.2, -0.15) is 9.50 Å². The molecule has 0 N–H and O–H groups in total. The number of nitrogens with zero attached hydrogens (tertiary/aromatic N) is 3. The van der Waals surface area contributed by atoms with Crippen molar-refractivity contribution < 1.29 is 13.2 Å². The summed E-state index contributed by atoms with van der Waals surface area (Å²) in [5.41, 5.74) is 0.476. The van der Waals surface area contributed by atoms with Crippen molar-refractivity contribution in [3.05, 3.63) is 81.3 Å². The molecule has 0 bridgehead atoms. The zero-order valence-electron chi connectivity index (χ0n) is 13.6. The summed E-state index contributed by atoms with van der Waals surface area (Å²) in [5.74, 6) is 1.67. The van der Waals surface area contributed by atoms with E-state index >= 15 is 0 Å². The minimum absolute atomic E-state index is 0.278. The topological polar surface area (TPSA) is 73.5 Å². The molecule has 1 aromatic carbocycles. The summed E-state index contributed by atoms with van der Waals surface area (Å²) in [5, 5.41) is 4.20. The van der Waals surface area contributed by atoms with Crippen molar-refractivity contribution in [2.75, 3.05) is 0 Å². The molecule has 0 radical (unpaired) electrons. The van der Waals surface area contributed by atoms with Crippen LogP contribution in [0.3, 0.4) is 0 Å². The fourth-order valence-electron chi connectivity index (χ4n) is 2.67. The molecular formula is C19H10FN3O3S. The Morgan fingerprint density at radius 1 is 1.07 bits per heavy atom. The van der Waals surface area contributed by atoms with E-state index in [1.807, 2.05) is 0 Å². The Morgan fingerprint density at radius 3 is 2.67 bits per heavy atom. The van der Waals surface area contributed by atoms with E-state index in [2.05, 4.69) is 10.1 Å². The first-order chi connectivity index (χ1) is 13.2. The molecule has 0 saturated carbocycles. The fourth-order valence-corrected chi connectivity index (χ4v) is 3.56. The number of hydrogen-bond acceptors (Lipinski definition) is 6. The average molecular weight is 379 g/mol. The third-order valence-corrected chi connectivity index (χ3v) is 4.91. The standard InChI is InChI=1S/C19H10FN3O3S/c20-12-5-3-11(4-6-12)14-8-7-13(26-14)10-16-18(24)23-19(27-16)21-17(22-23)15-2-1-9-25-15/h1-10H. The fraction of sp³-hybridized carbons (Fsp3) is 0. The van der Waals surface area contributed by atoms with Crippen LogP contribution in [0.1, 0.15) is 5.76 Å². The minimum Gasteiger partial charge on any atom is -0.461 e. The van der Waals surface area contributed by atoms with E-state index < -0.39 is 0 Å². The third kappa shape index (κ3) is 2.76. The summed E-state index contributed by atoms with van der Waals surface area (Å²) in [4.78, 5) is 17.4. The molecule has 5 aromatic rings. The predicted molar refractivity (Wildman–Crippen MR) is 97.7 cm³/mol. The van der Waals surface area contributed by atoms with E-state index in [9.17, 15) is 9.18 Å². The van der Waals surface area contributed by atoms with Gasteiger partial charge in [-0.1, -0.05) is 11.3 Å². The van der Waals surface area contributed by atoms with Crippen LogP contribution in [-0.2, 0) is 0 Å². The predicted octanol–water partition coefficient (Wildman–Crippen LogP) is 3.36. The molecule has 0 aliphatic carbocycles. The molecule has 5 rings (SSSR count). The van der Waals surface area contributed by atoms with Crippen LogP contribution in [-0.4, -0.2) is 14.6 Å². The first kappa shape index (κ1) is 15.7. The second kappa shape index (κ2) is 6.03. The smallest absolute Gasteiger partial charge is 0.291 e. The first-order valence-corrected chi connectivity index (χ1v) is 8.80. The molecule has 0 spiro atoms. The molecule has 0 unspecified atom stereocenters. The number of fused-ring (bicyclic) bond motifs is 1. The first-order valence-electron chi connectivity index (χ1n) is 7.98. The van der Waals surface area contributed by atoms with Crippen molar-refractivity contribution >= 4 is 22.4 Å². The molecule has 0 aliphatic heterocycles. The van der Waals surface area contributed by atoms with Crippen LogP contribution in [0.5, 0.6) is 0 Å². The number of hydrogen-bond donors (Lipinski definition) is 0. The minimum atomic E-state index is -0.309. The lowest BCUT2D eigenvalue weighted by Crippen LogP contribution is -2.23. The number of rotatable bonds is 3. The Bertz CT molecular complexity index is 1350. The van der Waals surface area contributed by atoms with Gasteiger partial charge in [-0.25, -0.2) is 4.39 Å². The second-order valence-corrected chi connectivity index (χ2v) is 6.74. The van der Waals surface area contributed by atoms with E-state index in [4.69, 9.17) is 8.83 Å². The Labute approximate surface area is 154 Å². The van der Waals surface area contributed by atoms with Crippen molar-refractivity contribution in [1.82, 2.24) is 14.6 Å². The third-order valence-electron chi connectivity index (χ3n) is 3.95. The SMILES string of the molecule is O=c1c(=Cc2ccc(-c3ccc(F)cc3)o2)sc2nc(-c3ccco3)nn12. The quantitative estimate of drug-likeness (QED) is 0.481. The molecule has 27 heavy (non-hydrogen) atoms. The van der Waals surface area contributed by atoms with Gasteiger partial charge in [0.1, 0.15) is 21.9 Å². The summed E-state index contributed by atoms with van der Waals surface area (Å²) >= 11 is 1.21. The van der Waals surface area contributed by atoms with Crippen molar-refractivity contribution in [3.8, 4) is 22.9 Å². The Kier molecular flexibility index (Phi) is 3.51. The lowest BCUT2D eigenvalue weighted by Gasteiger charge is -1.95. The highest BCUT2D eigenvalue weighted by molar-refractivity contribution is 7.15. The molecule has 6 nitrogen and oxygen atoms in total. The molecule has 4 aromatic heterocycles. The van der Waals surface area contributed by atoms with E-state index in [0.717, 1.165) is 5.56 Å². The van der Waals surface area contributed by atoms with Crippen molar-refractivity contribution in [2.24, 2.45) is 0 Å². The Morgan fingerprint density at radius 2 is 1.93 bits per heavy atom. The van der Waals surface area contributed by atoms with Crippen molar-refractivity contribution in [2.45, 2.75) is 0 Å². The highest BCUT2D eigenvalue weighted by atomic mass is 32.1. The van der Waals surface area contributed by atoms with Crippen LogP contribution < -0.4 is 10.1 Å². The van der Waals surface area contributed by atoms with Gasteiger partial charge in [0.15, 0.2) is 5.76 Å². The van der Waals surface area contributed by atoms with Gasteiger partial charge in [-0.15, -0.1) is 5.10 Å². The van der Waals surface area contributed by atoms with E-state index in [1.54, 1.807) is 42.5 Å². The molecule has 0 saturated heterocycles. The lowest BCUT2D eigenvalue weighted by atomic mass is 10.2. The maximum Gasteiger partial charge on any atom is 0.291 e. The largest absolute Gasteiger partial charge is 0.461 e. The molecule has 0 aliphatic rings. The average Bonchev–Trinajstić information content (AvgIpc) is 3.43. The van der Waals surface area contributed by atoms with Crippen LogP contribution in [0, 0.1) is 5.82 Å². The number of benzene rings is 1. The second-order valence-electron chi connectivity index (χ2n) is 5.73.